The number of hydrogen-bond acceptors (Lipinski definition) is 3. The molecule has 2 heterocycles. The lowest BCUT2D eigenvalue weighted by Crippen LogP contribution is -2.50. The third kappa shape index (κ3) is 2.94. The largest absolute Gasteiger partial charge is 0.359 e. The molecule has 5 nitrogen and oxygen atoms in total. The van der Waals surface area contributed by atoms with E-state index >= 15 is 0 Å². The fourth-order valence-electron chi connectivity index (χ4n) is 3.88. The minimum Gasteiger partial charge on any atom is -0.359 e. The van der Waals surface area contributed by atoms with Crippen molar-refractivity contribution in [1.29, 1.82) is 0 Å². The molecule has 2 atom stereocenters. The van der Waals surface area contributed by atoms with Crippen molar-refractivity contribution in [2.75, 3.05) is 22.9 Å². The standard InChI is InChI=1S/C21H23N3O2/c1-15(23-13-11-16-7-5-6-10-19(16)23)20(25)22-18-12-14-24(21(18)26)17-8-3-2-4-9-17/h2-10,15,18H,11-14H2,1H3,(H,22,25)/t15-,18+/m1/s1. The lowest BCUT2D eigenvalue weighted by atomic mass is 10.1. The Morgan fingerprint density at radius 1 is 1.08 bits per heavy atom. The van der Waals surface area contributed by atoms with Crippen molar-refractivity contribution >= 4 is 23.2 Å². The lowest BCUT2D eigenvalue weighted by Gasteiger charge is -2.27. The molecule has 1 saturated heterocycles. The molecule has 134 valence electrons. The van der Waals surface area contributed by atoms with E-state index in [4.69, 9.17) is 0 Å². The summed E-state index contributed by atoms with van der Waals surface area (Å²) >= 11 is 0. The minimum absolute atomic E-state index is 0.0291. The van der Waals surface area contributed by atoms with E-state index in [1.165, 1.54) is 5.56 Å². The van der Waals surface area contributed by atoms with Crippen LogP contribution in [0.5, 0.6) is 0 Å². The Bertz CT molecular complexity index is 821. The molecule has 2 aliphatic rings. The van der Waals surface area contributed by atoms with E-state index in [2.05, 4.69) is 22.3 Å². The van der Waals surface area contributed by atoms with Gasteiger partial charge in [0.25, 0.3) is 0 Å². The van der Waals surface area contributed by atoms with Crippen LogP contribution >= 0.6 is 0 Å². The first-order valence-electron chi connectivity index (χ1n) is 9.16. The Labute approximate surface area is 153 Å². The quantitative estimate of drug-likeness (QED) is 0.922. The Morgan fingerprint density at radius 2 is 1.81 bits per heavy atom. The van der Waals surface area contributed by atoms with Crippen LogP contribution in [0.2, 0.25) is 0 Å². The van der Waals surface area contributed by atoms with Crippen molar-refractivity contribution < 1.29 is 9.59 Å². The summed E-state index contributed by atoms with van der Waals surface area (Å²) < 4.78 is 0. The fourth-order valence-corrected chi connectivity index (χ4v) is 3.88. The second kappa shape index (κ2) is 6.83. The summed E-state index contributed by atoms with van der Waals surface area (Å²) in [5, 5.41) is 2.96. The van der Waals surface area contributed by atoms with E-state index in [1.54, 1.807) is 4.90 Å². The molecule has 0 radical (unpaired) electrons. The SMILES string of the molecule is C[C@H](C(=O)N[C@H]1CCN(c2ccccc2)C1=O)N1CCc2ccccc21. The predicted octanol–water partition coefficient (Wildman–Crippen LogP) is 2.36. The van der Waals surface area contributed by atoms with Gasteiger partial charge in [-0.05, 0) is 43.5 Å². The highest BCUT2D eigenvalue weighted by Crippen LogP contribution is 2.29. The Morgan fingerprint density at radius 3 is 2.62 bits per heavy atom. The molecule has 0 aromatic heterocycles. The number of rotatable bonds is 4. The van der Waals surface area contributed by atoms with E-state index < -0.39 is 6.04 Å². The first kappa shape index (κ1) is 16.6. The number of hydrogen-bond donors (Lipinski definition) is 1. The zero-order valence-electron chi connectivity index (χ0n) is 14.9. The van der Waals surface area contributed by atoms with Crippen LogP contribution in [-0.4, -0.2) is 37.0 Å². The van der Waals surface area contributed by atoms with Gasteiger partial charge in [0.2, 0.25) is 11.8 Å². The highest BCUT2D eigenvalue weighted by Gasteiger charge is 2.36. The number of amides is 2. The number of carbonyl (C=O) groups excluding carboxylic acids is 2. The van der Waals surface area contributed by atoms with Crippen molar-refractivity contribution in [1.82, 2.24) is 5.32 Å². The van der Waals surface area contributed by atoms with Crippen molar-refractivity contribution in [3.05, 3.63) is 60.2 Å². The number of nitrogens with zero attached hydrogens (tertiary/aromatic N) is 2. The van der Waals surface area contributed by atoms with Gasteiger partial charge in [0.15, 0.2) is 0 Å². The molecule has 0 aliphatic carbocycles. The Hall–Kier alpha value is -2.82. The molecule has 2 aromatic rings. The topological polar surface area (TPSA) is 52.7 Å². The maximum Gasteiger partial charge on any atom is 0.249 e. The maximum absolute atomic E-state index is 12.8. The van der Waals surface area contributed by atoms with Gasteiger partial charge in [-0.25, -0.2) is 0 Å². The first-order chi connectivity index (χ1) is 12.6. The molecule has 2 aliphatic heterocycles. The van der Waals surface area contributed by atoms with Gasteiger partial charge in [0.05, 0.1) is 0 Å². The summed E-state index contributed by atoms with van der Waals surface area (Å²) in [6.07, 6.45) is 1.60. The van der Waals surface area contributed by atoms with Crippen LogP contribution in [0.25, 0.3) is 0 Å². The van der Waals surface area contributed by atoms with Gasteiger partial charge in [0.1, 0.15) is 12.1 Å². The van der Waals surface area contributed by atoms with E-state index in [1.807, 2.05) is 49.4 Å². The minimum atomic E-state index is -0.442. The molecule has 26 heavy (non-hydrogen) atoms. The first-order valence-corrected chi connectivity index (χ1v) is 9.16. The number of fused-ring (bicyclic) bond motifs is 1. The normalized spacial score (nSPS) is 20.2. The number of para-hydroxylation sites is 2. The summed E-state index contributed by atoms with van der Waals surface area (Å²) in [5.41, 5.74) is 3.29. The van der Waals surface area contributed by atoms with Crippen molar-refractivity contribution in [2.24, 2.45) is 0 Å². The van der Waals surface area contributed by atoms with E-state index in [-0.39, 0.29) is 17.9 Å². The molecule has 4 rings (SSSR count). The van der Waals surface area contributed by atoms with Crippen LogP contribution in [0.1, 0.15) is 18.9 Å². The second-order valence-electron chi connectivity index (χ2n) is 6.92. The van der Waals surface area contributed by atoms with Crippen molar-refractivity contribution in [3.8, 4) is 0 Å². The highest BCUT2D eigenvalue weighted by molar-refractivity contribution is 6.02. The van der Waals surface area contributed by atoms with Gasteiger partial charge in [0, 0.05) is 24.5 Å². The molecule has 1 fully saturated rings. The van der Waals surface area contributed by atoms with Crippen LogP contribution in [0.3, 0.4) is 0 Å². The van der Waals surface area contributed by atoms with Gasteiger partial charge in [-0.1, -0.05) is 36.4 Å². The fraction of sp³-hybridized carbons (Fsp3) is 0.333. The third-order valence-electron chi connectivity index (χ3n) is 5.36. The van der Waals surface area contributed by atoms with Crippen molar-refractivity contribution in [3.63, 3.8) is 0 Å². The van der Waals surface area contributed by atoms with Gasteiger partial charge in [-0.3, -0.25) is 9.59 Å². The molecule has 0 bridgehead atoms. The van der Waals surface area contributed by atoms with Crippen LogP contribution in [-0.2, 0) is 16.0 Å². The van der Waals surface area contributed by atoms with Crippen LogP contribution in [0, 0.1) is 0 Å². The number of nitrogens with one attached hydrogen (secondary N) is 1. The zero-order chi connectivity index (χ0) is 18.1. The summed E-state index contributed by atoms with van der Waals surface area (Å²) in [4.78, 5) is 29.3. The smallest absolute Gasteiger partial charge is 0.249 e. The summed E-state index contributed by atoms with van der Waals surface area (Å²) in [6, 6.07) is 17.1. The summed E-state index contributed by atoms with van der Waals surface area (Å²) in [6.45, 7) is 3.38. The van der Waals surface area contributed by atoms with Gasteiger partial charge >= 0.3 is 0 Å². The zero-order valence-corrected chi connectivity index (χ0v) is 14.9. The van der Waals surface area contributed by atoms with Crippen LogP contribution in [0.4, 0.5) is 11.4 Å². The van der Waals surface area contributed by atoms with Crippen molar-refractivity contribution in [2.45, 2.75) is 31.8 Å². The number of anilines is 2. The summed E-state index contributed by atoms with van der Waals surface area (Å²) in [5.74, 6) is -0.117. The van der Waals surface area contributed by atoms with Gasteiger partial charge in [-0.2, -0.15) is 0 Å². The van der Waals surface area contributed by atoms with Crippen LogP contribution in [0.15, 0.2) is 54.6 Å². The molecule has 0 spiro atoms. The van der Waals surface area contributed by atoms with E-state index in [0.717, 1.165) is 24.3 Å². The maximum atomic E-state index is 12.8. The molecule has 0 saturated carbocycles. The highest BCUT2D eigenvalue weighted by atomic mass is 16.2. The van der Waals surface area contributed by atoms with Gasteiger partial charge < -0.3 is 15.1 Å². The predicted molar refractivity (Wildman–Crippen MR) is 102 cm³/mol. The van der Waals surface area contributed by atoms with E-state index in [9.17, 15) is 9.59 Å². The molecular weight excluding hydrogens is 326 g/mol. The second-order valence-corrected chi connectivity index (χ2v) is 6.92. The molecular formula is C21H23N3O2. The molecule has 2 aromatic carbocycles. The Kier molecular flexibility index (Phi) is 4.37. The molecule has 1 N–H and O–H groups in total. The van der Waals surface area contributed by atoms with Crippen LogP contribution < -0.4 is 15.1 Å². The molecule has 5 heteroatoms. The number of carbonyl (C=O) groups is 2. The number of benzene rings is 2. The lowest BCUT2D eigenvalue weighted by molar-refractivity contribution is -0.127. The third-order valence-corrected chi connectivity index (χ3v) is 5.36. The monoisotopic (exact) mass is 349 g/mol. The average molecular weight is 349 g/mol. The average Bonchev–Trinajstić information content (AvgIpc) is 3.26. The Balaban J connectivity index is 1.42. The molecule has 2 amide bonds. The van der Waals surface area contributed by atoms with Gasteiger partial charge in [-0.15, -0.1) is 0 Å². The van der Waals surface area contributed by atoms with E-state index in [0.29, 0.717) is 13.0 Å². The molecule has 0 unspecified atom stereocenters. The summed E-state index contributed by atoms with van der Waals surface area (Å²) in [7, 11) is 0.